The summed E-state index contributed by atoms with van der Waals surface area (Å²) in [5, 5.41) is 12.3. The maximum absolute atomic E-state index is 12.5. The van der Waals surface area contributed by atoms with E-state index in [9.17, 15) is 14.7 Å². The van der Waals surface area contributed by atoms with Gasteiger partial charge in [-0.2, -0.15) is 0 Å². The van der Waals surface area contributed by atoms with E-state index in [-0.39, 0.29) is 17.9 Å². The first-order valence-corrected chi connectivity index (χ1v) is 7.71. The van der Waals surface area contributed by atoms with Crippen LogP contribution in [0.5, 0.6) is 0 Å². The molecule has 114 valence electrons. The summed E-state index contributed by atoms with van der Waals surface area (Å²) in [6.45, 7) is 1.98. The normalized spacial score (nSPS) is 23.3. The minimum atomic E-state index is -0.798. The van der Waals surface area contributed by atoms with Crippen molar-refractivity contribution in [3.63, 3.8) is 0 Å². The number of carboxylic acid groups (broad SMARTS) is 1. The zero-order valence-electron chi connectivity index (χ0n) is 12.4. The molecule has 3 unspecified atom stereocenters. The van der Waals surface area contributed by atoms with Crippen molar-refractivity contribution in [1.82, 2.24) is 5.32 Å². The highest BCUT2D eigenvalue weighted by Crippen LogP contribution is 2.26. The molecule has 0 bridgehead atoms. The molecule has 1 fully saturated rings. The molecule has 0 heterocycles. The molecule has 0 saturated heterocycles. The van der Waals surface area contributed by atoms with Crippen molar-refractivity contribution in [2.24, 2.45) is 5.92 Å². The van der Waals surface area contributed by atoms with Crippen molar-refractivity contribution in [3.05, 3.63) is 35.9 Å². The monoisotopic (exact) mass is 289 g/mol. The van der Waals surface area contributed by atoms with Crippen LogP contribution in [0.25, 0.3) is 0 Å². The van der Waals surface area contributed by atoms with E-state index in [0.29, 0.717) is 12.8 Å². The van der Waals surface area contributed by atoms with Gasteiger partial charge in [0.05, 0.1) is 11.8 Å². The Hall–Kier alpha value is -1.84. The van der Waals surface area contributed by atoms with Gasteiger partial charge in [0.1, 0.15) is 0 Å². The topological polar surface area (TPSA) is 66.4 Å². The van der Waals surface area contributed by atoms with Crippen LogP contribution in [0.4, 0.5) is 0 Å². The first-order valence-electron chi connectivity index (χ1n) is 7.71. The molecule has 0 aliphatic heterocycles. The van der Waals surface area contributed by atoms with Gasteiger partial charge in [0.15, 0.2) is 0 Å². The average molecular weight is 289 g/mol. The van der Waals surface area contributed by atoms with E-state index in [1.54, 1.807) is 0 Å². The number of carbonyl (C=O) groups is 2. The van der Waals surface area contributed by atoms with E-state index in [4.69, 9.17) is 0 Å². The predicted octanol–water partition coefficient (Wildman–Crippen LogP) is 2.94. The highest BCUT2D eigenvalue weighted by atomic mass is 16.4. The molecule has 1 aromatic carbocycles. The fourth-order valence-electron chi connectivity index (χ4n) is 3.14. The lowest BCUT2D eigenvalue weighted by molar-refractivity contribution is -0.144. The van der Waals surface area contributed by atoms with Gasteiger partial charge in [0, 0.05) is 6.04 Å². The van der Waals surface area contributed by atoms with Gasteiger partial charge >= 0.3 is 5.97 Å². The third-order valence-corrected chi connectivity index (χ3v) is 4.34. The molecule has 1 aliphatic rings. The van der Waals surface area contributed by atoms with Gasteiger partial charge < -0.3 is 10.4 Å². The molecule has 1 saturated carbocycles. The molecule has 1 aromatic rings. The number of carbonyl (C=O) groups excluding carboxylic acids is 1. The quantitative estimate of drug-likeness (QED) is 0.875. The fourth-order valence-corrected chi connectivity index (χ4v) is 3.14. The molecular weight excluding hydrogens is 266 g/mol. The van der Waals surface area contributed by atoms with Crippen molar-refractivity contribution in [1.29, 1.82) is 0 Å². The SMILES string of the molecule is CCC(C(=O)NC1CCCCC1C(=O)O)c1ccccc1. The van der Waals surface area contributed by atoms with Crippen LogP contribution in [-0.4, -0.2) is 23.0 Å². The van der Waals surface area contributed by atoms with Crippen LogP contribution in [0.15, 0.2) is 30.3 Å². The third kappa shape index (κ3) is 3.84. The van der Waals surface area contributed by atoms with Gasteiger partial charge in [-0.25, -0.2) is 0 Å². The van der Waals surface area contributed by atoms with Crippen LogP contribution in [0.1, 0.15) is 50.5 Å². The number of carboxylic acids is 1. The fraction of sp³-hybridized carbons (Fsp3) is 0.529. The van der Waals surface area contributed by atoms with Crippen LogP contribution < -0.4 is 5.32 Å². The average Bonchev–Trinajstić information content (AvgIpc) is 2.49. The second kappa shape index (κ2) is 7.25. The van der Waals surface area contributed by atoms with Crippen molar-refractivity contribution in [2.45, 2.75) is 51.0 Å². The van der Waals surface area contributed by atoms with Crippen molar-refractivity contribution >= 4 is 11.9 Å². The van der Waals surface area contributed by atoms with E-state index in [0.717, 1.165) is 24.8 Å². The van der Waals surface area contributed by atoms with E-state index >= 15 is 0 Å². The smallest absolute Gasteiger partial charge is 0.308 e. The Bertz CT molecular complexity index is 486. The van der Waals surface area contributed by atoms with Crippen molar-refractivity contribution < 1.29 is 14.7 Å². The number of amides is 1. The van der Waals surface area contributed by atoms with Gasteiger partial charge in [-0.15, -0.1) is 0 Å². The standard InChI is InChI=1S/C17H23NO3/c1-2-13(12-8-4-3-5-9-12)16(19)18-15-11-7-6-10-14(15)17(20)21/h3-5,8-9,13-15H,2,6-7,10-11H2,1H3,(H,18,19)(H,20,21). The van der Waals surface area contributed by atoms with E-state index in [1.807, 2.05) is 37.3 Å². The Morgan fingerprint density at radius 1 is 1.24 bits per heavy atom. The first-order chi connectivity index (χ1) is 10.1. The molecule has 2 rings (SSSR count). The maximum atomic E-state index is 12.5. The second-order valence-corrected chi connectivity index (χ2v) is 5.72. The summed E-state index contributed by atoms with van der Waals surface area (Å²) in [6, 6.07) is 9.43. The number of nitrogens with one attached hydrogen (secondary N) is 1. The predicted molar refractivity (Wildman–Crippen MR) is 81.0 cm³/mol. The molecule has 4 nitrogen and oxygen atoms in total. The second-order valence-electron chi connectivity index (χ2n) is 5.72. The van der Waals surface area contributed by atoms with Gasteiger partial charge in [-0.3, -0.25) is 9.59 Å². The largest absolute Gasteiger partial charge is 0.481 e. The molecule has 0 spiro atoms. The van der Waals surface area contributed by atoms with Crippen LogP contribution in [-0.2, 0) is 9.59 Å². The Balaban J connectivity index is 2.06. The van der Waals surface area contributed by atoms with Gasteiger partial charge in [-0.1, -0.05) is 50.1 Å². The molecule has 1 amide bonds. The zero-order chi connectivity index (χ0) is 15.2. The number of aliphatic carboxylic acids is 1. The molecule has 0 aromatic heterocycles. The van der Waals surface area contributed by atoms with E-state index < -0.39 is 11.9 Å². The summed E-state index contributed by atoms with van der Waals surface area (Å²) in [5.41, 5.74) is 0.986. The van der Waals surface area contributed by atoms with Gasteiger partial charge in [0.2, 0.25) is 5.91 Å². The maximum Gasteiger partial charge on any atom is 0.308 e. The summed E-state index contributed by atoms with van der Waals surface area (Å²) in [4.78, 5) is 23.8. The lowest BCUT2D eigenvalue weighted by Crippen LogP contribution is -2.46. The number of hydrogen-bond acceptors (Lipinski definition) is 2. The molecule has 2 N–H and O–H groups in total. The first kappa shape index (κ1) is 15.5. The number of benzene rings is 1. The third-order valence-electron chi connectivity index (χ3n) is 4.34. The lowest BCUT2D eigenvalue weighted by Gasteiger charge is -2.30. The Morgan fingerprint density at radius 2 is 1.90 bits per heavy atom. The highest BCUT2D eigenvalue weighted by Gasteiger charge is 2.33. The van der Waals surface area contributed by atoms with Gasteiger partial charge in [-0.05, 0) is 24.8 Å². The minimum absolute atomic E-state index is 0.0538. The highest BCUT2D eigenvalue weighted by molar-refractivity contribution is 5.84. The van der Waals surface area contributed by atoms with Crippen LogP contribution >= 0.6 is 0 Å². The van der Waals surface area contributed by atoms with E-state index in [1.165, 1.54) is 0 Å². The summed E-state index contributed by atoms with van der Waals surface area (Å²) in [6.07, 6.45) is 4.03. The van der Waals surface area contributed by atoms with Gasteiger partial charge in [0.25, 0.3) is 0 Å². The van der Waals surface area contributed by atoms with Crippen molar-refractivity contribution in [3.8, 4) is 0 Å². The van der Waals surface area contributed by atoms with Crippen LogP contribution in [0.3, 0.4) is 0 Å². The summed E-state index contributed by atoms with van der Waals surface area (Å²) in [7, 11) is 0. The summed E-state index contributed by atoms with van der Waals surface area (Å²) in [5.74, 6) is -1.51. The number of hydrogen-bond donors (Lipinski definition) is 2. The van der Waals surface area contributed by atoms with Crippen LogP contribution in [0.2, 0.25) is 0 Å². The summed E-state index contributed by atoms with van der Waals surface area (Å²) >= 11 is 0. The lowest BCUT2D eigenvalue weighted by atomic mass is 9.84. The molecule has 0 radical (unpaired) electrons. The molecule has 21 heavy (non-hydrogen) atoms. The molecule has 4 heteroatoms. The minimum Gasteiger partial charge on any atom is -0.481 e. The molecular formula is C17H23NO3. The summed E-state index contributed by atoms with van der Waals surface area (Å²) < 4.78 is 0. The Kier molecular flexibility index (Phi) is 5.37. The molecule has 3 atom stereocenters. The Morgan fingerprint density at radius 3 is 2.52 bits per heavy atom. The Labute approximate surface area is 125 Å². The molecule has 1 aliphatic carbocycles. The van der Waals surface area contributed by atoms with E-state index in [2.05, 4.69) is 5.32 Å². The van der Waals surface area contributed by atoms with Crippen LogP contribution in [0, 0.1) is 5.92 Å². The van der Waals surface area contributed by atoms with Crippen molar-refractivity contribution in [2.75, 3.05) is 0 Å². The number of rotatable bonds is 5. The zero-order valence-corrected chi connectivity index (χ0v) is 12.4.